The van der Waals surface area contributed by atoms with Gasteiger partial charge in [-0.1, -0.05) is 41.8 Å². The van der Waals surface area contributed by atoms with E-state index in [0.717, 1.165) is 15.1 Å². The molecule has 1 fully saturated rings. The smallest absolute Gasteiger partial charge is 0.233 e. The van der Waals surface area contributed by atoms with E-state index in [1.807, 2.05) is 25.7 Å². The summed E-state index contributed by atoms with van der Waals surface area (Å²) in [5, 5.41) is 11.0. The molecule has 10 heteroatoms. The second-order valence-corrected chi connectivity index (χ2v) is 9.24. The van der Waals surface area contributed by atoms with Crippen LogP contribution >= 0.6 is 34.9 Å². The van der Waals surface area contributed by atoms with Crippen LogP contribution in [0.1, 0.15) is 27.2 Å². The number of amides is 2. The molecular weight excluding hydrogens is 380 g/mol. The first-order valence-electron chi connectivity index (χ1n) is 8.27. The molecule has 1 saturated heterocycles. The fourth-order valence-corrected chi connectivity index (χ4v) is 5.11. The number of carbonyl (C=O) groups is 2. The third-order valence-electron chi connectivity index (χ3n) is 3.38. The minimum Gasteiger partial charge on any atom is -0.372 e. The molecule has 2 rings (SSSR count). The van der Waals surface area contributed by atoms with Gasteiger partial charge in [0.2, 0.25) is 11.8 Å². The average molecular weight is 405 g/mol. The van der Waals surface area contributed by atoms with Crippen LogP contribution in [0, 0.1) is 0 Å². The summed E-state index contributed by atoms with van der Waals surface area (Å²) in [5.74, 6) is 0.773. The summed E-state index contributed by atoms with van der Waals surface area (Å²) in [4.78, 5) is 25.8. The molecule has 0 aliphatic carbocycles. The fourth-order valence-electron chi connectivity index (χ4n) is 2.35. The van der Waals surface area contributed by atoms with E-state index < -0.39 is 0 Å². The van der Waals surface area contributed by atoms with Gasteiger partial charge in [0.25, 0.3) is 0 Å². The maximum Gasteiger partial charge on any atom is 0.233 e. The molecule has 0 saturated carbocycles. The lowest BCUT2D eigenvalue weighted by atomic mass is 10.2. The Kier molecular flexibility index (Phi) is 8.47. The molecule has 1 N–H and O–H groups in total. The lowest BCUT2D eigenvalue weighted by molar-refractivity contribution is -0.140. The van der Waals surface area contributed by atoms with Gasteiger partial charge in [0.15, 0.2) is 8.68 Å². The molecule has 2 unspecified atom stereocenters. The van der Waals surface area contributed by atoms with Crippen LogP contribution in [0.5, 0.6) is 0 Å². The van der Waals surface area contributed by atoms with Crippen LogP contribution in [-0.4, -0.2) is 70.3 Å². The Labute approximate surface area is 160 Å². The number of hydrogen-bond acceptors (Lipinski definition) is 8. The molecule has 0 aromatic carbocycles. The SMILES string of the molecule is CCCNC(=O)CSc1nnc(SCC(=O)N2CC(C)OC(C)C2)s1. The monoisotopic (exact) mass is 404 g/mol. The number of aromatic nitrogens is 2. The van der Waals surface area contributed by atoms with Gasteiger partial charge in [0.05, 0.1) is 23.7 Å². The lowest BCUT2D eigenvalue weighted by Gasteiger charge is -2.35. The Morgan fingerprint density at radius 2 is 1.80 bits per heavy atom. The number of morpholine rings is 1. The van der Waals surface area contributed by atoms with Crippen molar-refractivity contribution in [1.82, 2.24) is 20.4 Å². The zero-order valence-electron chi connectivity index (χ0n) is 14.7. The molecule has 0 spiro atoms. The summed E-state index contributed by atoms with van der Waals surface area (Å²) in [6.45, 7) is 7.93. The third kappa shape index (κ3) is 7.12. The number of thioether (sulfide) groups is 2. The van der Waals surface area contributed by atoms with Gasteiger partial charge in [-0.2, -0.15) is 0 Å². The second kappa shape index (κ2) is 10.3. The van der Waals surface area contributed by atoms with Gasteiger partial charge in [-0.05, 0) is 20.3 Å². The number of hydrogen-bond donors (Lipinski definition) is 1. The van der Waals surface area contributed by atoms with Crippen molar-refractivity contribution in [3.8, 4) is 0 Å². The largest absolute Gasteiger partial charge is 0.372 e. The maximum atomic E-state index is 12.3. The zero-order valence-corrected chi connectivity index (χ0v) is 17.1. The van der Waals surface area contributed by atoms with Crippen molar-refractivity contribution in [2.75, 3.05) is 31.1 Å². The van der Waals surface area contributed by atoms with E-state index in [-0.39, 0.29) is 24.0 Å². The van der Waals surface area contributed by atoms with Crippen LogP contribution in [0.2, 0.25) is 0 Å². The molecule has 1 aliphatic heterocycles. The summed E-state index contributed by atoms with van der Waals surface area (Å²) in [7, 11) is 0. The molecule has 1 aliphatic rings. The highest BCUT2D eigenvalue weighted by molar-refractivity contribution is 8.03. The normalized spacial score (nSPS) is 20.5. The Morgan fingerprint density at radius 3 is 2.40 bits per heavy atom. The minimum atomic E-state index is 0.00184. The number of nitrogens with zero attached hydrogens (tertiary/aromatic N) is 3. The van der Waals surface area contributed by atoms with Gasteiger partial charge < -0.3 is 15.0 Å². The Bertz CT molecular complexity index is 574. The highest BCUT2D eigenvalue weighted by Gasteiger charge is 2.25. The molecule has 25 heavy (non-hydrogen) atoms. The quantitative estimate of drug-likeness (QED) is 0.662. The van der Waals surface area contributed by atoms with Crippen molar-refractivity contribution in [2.45, 2.75) is 48.1 Å². The predicted molar refractivity (Wildman–Crippen MR) is 101 cm³/mol. The third-order valence-corrected chi connectivity index (χ3v) is 6.55. The second-order valence-electron chi connectivity index (χ2n) is 5.82. The summed E-state index contributed by atoms with van der Waals surface area (Å²) in [6, 6.07) is 0. The molecule has 2 heterocycles. The van der Waals surface area contributed by atoms with Crippen LogP contribution in [0.4, 0.5) is 0 Å². The van der Waals surface area contributed by atoms with Crippen molar-refractivity contribution >= 4 is 46.7 Å². The first-order valence-corrected chi connectivity index (χ1v) is 11.1. The van der Waals surface area contributed by atoms with E-state index in [2.05, 4.69) is 15.5 Å². The predicted octanol–water partition coefficient (Wildman–Crippen LogP) is 1.88. The Balaban J connectivity index is 1.73. The van der Waals surface area contributed by atoms with Crippen LogP contribution in [0.25, 0.3) is 0 Å². The topological polar surface area (TPSA) is 84.4 Å². The molecule has 1 aromatic rings. The van der Waals surface area contributed by atoms with Crippen LogP contribution in [0.3, 0.4) is 0 Å². The maximum absolute atomic E-state index is 12.3. The Morgan fingerprint density at radius 1 is 1.20 bits per heavy atom. The molecule has 140 valence electrons. The van der Waals surface area contributed by atoms with Crippen molar-refractivity contribution in [2.24, 2.45) is 0 Å². The van der Waals surface area contributed by atoms with Crippen molar-refractivity contribution < 1.29 is 14.3 Å². The molecular formula is C15H24N4O3S3. The highest BCUT2D eigenvalue weighted by atomic mass is 32.2. The average Bonchev–Trinajstić information content (AvgIpc) is 3.03. The highest BCUT2D eigenvalue weighted by Crippen LogP contribution is 2.29. The standard InChI is InChI=1S/C15H24N4O3S3/c1-4-5-16-12(20)8-23-14-17-18-15(25-14)24-9-13(21)19-6-10(2)22-11(3)7-19/h10-11H,4-9H2,1-3H3,(H,16,20). The number of ether oxygens (including phenoxy) is 1. The van der Waals surface area contributed by atoms with Crippen molar-refractivity contribution in [1.29, 1.82) is 0 Å². The van der Waals surface area contributed by atoms with E-state index in [9.17, 15) is 9.59 Å². The van der Waals surface area contributed by atoms with E-state index in [1.54, 1.807) is 0 Å². The van der Waals surface area contributed by atoms with Crippen LogP contribution < -0.4 is 5.32 Å². The lowest BCUT2D eigenvalue weighted by Crippen LogP contribution is -2.48. The number of nitrogens with one attached hydrogen (secondary N) is 1. The minimum absolute atomic E-state index is 0.00184. The van der Waals surface area contributed by atoms with Gasteiger partial charge in [-0.15, -0.1) is 10.2 Å². The van der Waals surface area contributed by atoms with Gasteiger partial charge in [-0.3, -0.25) is 9.59 Å². The Hall–Kier alpha value is -0.840. The van der Waals surface area contributed by atoms with Gasteiger partial charge >= 0.3 is 0 Å². The van der Waals surface area contributed by atoms with E-state index in [0.29, 0.717) is 31.1 Å². The zero-order chi connectivity index (χ0) is 18.2. The summed E-state index contributed by atoms with van der Waals surface area (Å²) in [6.07, 6.45) is 1.06. The molecule has 0 bridgehead atoms. The summed E-state index contributed by atoms with van der Waals surface area (Å²) < 4.78 is 7.14. The molecule has 0 radical (unpaired) electrons. The summed E-state index contributed by atoms with van der Waals surface area (Å²) >= 11 is 4.18. The number of carbonyl (C=O) groups excluding carboxylic acids is 2. The van der Waals surface area contributed by atoms with E-state index >= 15 is 0 Å². The first-order chi connectivity index (χ1) is 12.0. The van der Waals surface area contributed by atoms with Crippen LogP contribution in [0.15, 0.2) is 8.68 Å². The van der Waals surface area contributed by atoms with E-state index in [1.165, 1.54) is 34.9 Å². The van der Waals surface area contributed by atoms with Gasteiger partial charge in [0.1, 0.15) is 0 Å². The molecule has 1 aromatic heterocycles. The molecule has 7 nitrogen and oxygen atoms in total. The first kappa shape index (κ1) is 20.5. The van der Waals surface area contributed by atoms with Gasteiger partial charge in [0, 0.05) is 19.6 Å². The summed E-state index contributed by atoms with van der Waals surface area (Å²) in [5.41, 5.74) is 0. The fraction of sp³-hybridized carbons (Fsp3) is 0.733. The molecule has 2 atom stereocenters. The van der Waals surface area contributed by atoms with Crippen molar-refractivity contribution in [3.05, 3.63) is 0 Å². The molecule has 2 amide bonds. The van der Waals surface area contributed by atoms with Crippen LogP contribution in [-0.2, 0) is 14.3 Å². The van der Waals surface area contributed by atoms with Gasteiger partial charge in [-0.25, -0.2) is 0 Å². The van der Waals surface area contributed by atoms with Crippen molar-refractivity contribution in [3.63, 3.8) is 0 Å². The van der Waals surface area contributed by atoms with E-state index in [4.69, 9.17) is 4.74 Å². The number of rotatable bonds is 8.